The van der Waals surface area contributed by atoms with Gasteiger partial charge in [0.1, 0.15) is 0 Å². The summed E-state index contributed by atoms with van der Waals surface area (Å²) in [5.41, 5.74) is 0. The molecule has 102 valence electrons. The third kappa shape index (κ3) is 3.04. The number of ether oxygens (including phenoxy) is 1. The summed E-state index contributed by atoms with van der Waals surface area (Å²) in [6.07, 6.45) is 4.14. The molecule has 0 amide bonds. The molecular formula is C14H16O4S. The summed E-state index contributed by atoms with van der Waals surface area (Å²) in [4.78, 5) is 11.5. The van der Waals surface area contributed by atoms with E-state index in [9.17, 15) is 13.2 Å². The summed E-state index contributed by atoms with van der Waals surface area (Å²) in [5.74, 6) is -0.372. The molecular weight excluding hydrogens is 264 g/mol. The smallest absolute Gasteiger partial charge is 0.306 e. The number of carbonyl (C=O) groups excluding carboxylic acids is 1. The second kappa shape index (κ2) is 5.57. The van der Waals surface area contributed by atoms with Gasteiger partial charge in [-0.05, 0) is 24.5 Å². The lowest BCUT2D eigenvalue weighted by Gasteiger charge is -2.12. The van der Waals surface area contributed by atoms with Crippen LogP contribution in [0.15, 0.2) is 47.4 Å². The van der Waals surface area contributed by atoms with Crippen molar-refractivity contribution in [1.82, 2.24) is 0 Å². The summed E-state index contributed by atoms with van der Waals surface area (Å²) >= 11 is 0. The minimum Gasteiger partial charge on any atom is -0.469 e. The molecule has 1 aliphatic carbocycles. The third-order valence-electron chi connectivity index (χ3n) is 3.26. The van der Waals surface area contributed by atoms with Gasteiger partial charge in [0, 0.05) is 0 Å². The Kier molecular flexibility index (Phi) is 4.04. The molecule has 0 N–H and O–H groups in total. The van der Waals surface area contributed by atoms with Gasteiger partial charge in [0.2, 0.25) is 0 Å². The Morgan fingerprint density at radius 1 is 1.26 bits per heavy atom. The van der Waals surface area contributed by atoms with Gasteiger partial charge in [-0.2, -0.15) is 0 Å². The second-order valence-corrected chi connectivity index (χ2v) is 6.72. The minimum absolute atomic E-state index is 0.0593. The van der Waals surface area contributed by atoms with Crippen molar-refractivity contribution in [3.63, 3.8) is 0 Å². The molecule has 0 unspecified atom stereocenters. The Balaban J connectivity index is 2.10. The summed E-state index contributed by atoms with van der Waals surface area (Å²) in [5, 5.41) is -0.551. The molecule has 0 saturated heterocycles. The number of esters is 1. The predicted octanol–water partition coefficient (Wildman–Crippen LogP) is 1.97. The zero-order valence-electron chi connectivity index (χ0n) is 10.7. The summed E-state index contributed by atoms with van der Waals surface area (Å²) in [6, 6.07) is 8.38. The summed E-state index contributed by atoms with van der Waals surface area (Å²) in [6.45, 7) is 0. The summed E-state index contributed by atoms with van der Waals surface area (Å²) < 4.78 is 29.3. The van der Waals surface area contributed by atoms with Gasteiger partial charge in [-0.3, -0.25) is 4.79 Å². The van der Waals surface area contributed by atoms with Crippen molar-refractivity contribution in [2.75, 3.05) is 7.11 Å². The van der Waals surface area contributed by atoms with Gasteiger partial charge >= 0.3 is 5.97 Å². The van der Waals surface area contributed by atoms with Crippen molar-refractivity contribution in [3.05, 3.63) is 42.5 Å². The van der Waals surface area contributed by atoms with Gasteiger partial charge < -0.3 is 4.74 Å². The zero-order chi connectivity index (χ0) is 13.9. The monoisotopic (exact) mass is 280 g/mol. The van der Waals surface area contributed by atoms with Crippen LogP contribution in [0.4, 0.5) is 0 Å². The van der Waals surface area contributed by atoms with E-state index < -0.39 is 15.1 Å². The quantitative estimate of drug-likeness (QED) is 0.625. The van der Waals surface area contributed by atoms with Gasteiger partial charge in [-0.15, -0.1) is 0 Å². The van der Waals surface area contributed by atoms with Crippen LogP contribution < -0.4 is 0 Å². The molecule has 0 radical (unpaired) electrons. The Labute approximate surface area is 113 Å². The maximum absolute atomic E-state index is 12.4. The van der Waals surface area contributed by atoms with E-state index >= 15 is 0 Å². The molecule has 2 rings (SSSR count). The van der Waals surface area contributed by atoms with Crippen molar-refractivity contribution in [1.29, 1.82) is 0 Å². The van der Waals surface area contributed by atoms with Crippen LogP contribution in [0.2, 0.25) is 0 Å². The van der Waals surface area contributed by atoms with Crippen LogP contribution in [0.1, 0.15) is 12.8 Å². The SMILES string of the molecule is COC(=O)C[C@@H]1C=C[C@@H](S(=O)(=O)c2ccccc2)C1. The molecule has 5 heteroatoms. The lowest BCUT2D eigenvalue weighted by molar-refractivity contribution is -0.141. The second-order valence-electron chi connectivity index (χ2n) is 4.56. The molecule has 0 aromatic heterocycles. The molecule has 1 aromatic rings. The van der Waals surface area contributed by atoms with E-state index in [0.29, 0.717) is 11.3 Å². The van der Waals surface area contributed by atoms with E-state index in [2.05, 4.69) is 4.74 Å². The van der Waals surface area contributed by atoms with E-state index in [-0.39, 0.29) is 18.3 Å². The number of allylic oxidation sites excluding steroid dienone is 1. The normalized spacial score (nSPS) is 22.4. The highest BCUT2D eigenvalue weighted by Gasteiger charge is 2.32. The number of rotatable bonds is 4. The van der Waals surface area contributed by atoms with E-state index in [1.165, 1.54) is 7.11 Å². The topological polar surface area (TPSA) is 60.4 Å². The van der Waals surface area contributed by atoms with E-state index in [1.807, 2.05) is 0 Å². The molecule has 0 saturated carbocycles. The molecule has 0 bridgehead atoms. The maximum Gasteiger partial charge on any atom is 0.306 e. The van der Waals surface area contributed by atoms with Crippen LogP contribution in [0, 0.1) is 5.92 Å². The molecule has 4 nitrogen and oxygen atoms in total. The van der Waals surface area contributed by atoms with E-state index in [4.69, 9.17) is 0 Å². The Hall–Kier alpha value is -1.62. The van der Waals surface area contributed by atoms with Gasteiger partial charge in [0.25, 0.3) is 0 Å². The van der Waals surface area contributed by atoms with Crippen LogP contribution in [0.3, 0.4) is 0 Å². The predicted molar refractivity (Wildman–Crippen MR) is 71.3 cm³/mol. The average molecular weight is 280 g/mol. The number of benzene rings is 1. The van der Waals surface area contributed by atoms with Crippen molar-refractivity contribution < 1.29 is 17.9 Å². The minimum atomic E-state index is -3.35. The number of methoxy groups -OCH3 is 1. The van der Waals surface area contributed by atoms with Crippen LogP contribution in [-0.2, 0) is 19.4 Å². The molecule has 0 spiro atoms. The number of carbonyl (C=O) groups is 1. The lowest BCUT2D eigenvalue weighted by Crippen LogP contribution is -2.19. The summed E-state index contributed by atoms with van der Waals surface area (Å²) in [7, 11) is -2.02. The van der Waals surface area contributed by atoms with Crippen LogP contribution in [-0.4, -0.2) is 26.7 Å². The van der Waals surface area contributed by atoms with Gasteiger partial charge in [0.15, 0.2) is 9.84 Å². The first-order valence-corrected chi connectivity index (χ1v) is 7.62. The highest BCUT2D eigenvalue weighted by atomic mass is 32.2. The van der Waals surface area contributed by atoms with Crippen molar-refractivity contribution in [2.45, 2.75) is 23.0 Å². The molecule has 0 heterocycles. The highest BCUT2D eigenvalue weighted by molar-refractivity contribution is 7.92. The lowest BCUT2D eigenvalue weighted by atomic mass is 10.1. The molecule has 19 heavy (non-hydrogen) atoms. The van der Waals surface area contributed by atoms with Crippen molar-refractivity contribution in [2.24, 2.45) is 5.92 Å². The Bertz CT molecular complexity index is 575. The van der Waals surface area contributed by atoms with E-state index in [0.717, 1.165) is 0 Å². The molecule has 2 atom stereocenters. The fourth-order valence-electron chi connectivity index (χ4n) is 2.20. The van der Waals surface area contributed by atoms with Gasteiger partial charge in [-0.25, -0.2) is 8.42 Å². The first-order valence-electron chi connectivity index (χ1n) is 6.08. The Morgan fingerprint density at radius 3 is 2.58 bits per heavy atom. The largest absolute Gasteiger partial charge is 0.469 e. The zero-order valence-corrected chi connectivity index (χ0v) is 11.5. The fraction of sp³-hybridized carbons (Fsp3) is 0.357. The maximum atomic E-state index is 12.4. The average Bonchev–Trinajstić information content (AvgIpc) is 2.89. The van der Waals surface area contributed by atoms with Gasteiger partial charge in [0.05, 0.1) is 23.7 Å². The fourth-order valence-corrected chi connectivity index (χ4v) is 3.88. The van der Waals surface area contributed by atoms with Crippen LogP contribution in [0.25, 0.3) is 0 Å². The molecule has 0 aliphatic heterocycles. The first-order chi connectivity index (χ1) is 9.04. The first kappa shape index (κ1) is 13.8. The highest BCUT2D eigenvalue weighted by Crippen LogP contribution is 2.30. The third-order valence-corrected chi connectivity index (χ3v) is 5.34. The standard InChI is InChI=1S/C14H16O4S/c1-18-14(15)10-11-7-8-13(9-11)19(16,17)12-5-3-2-4-6-12/h2-8,11,13H,9-10H2,1H3/t11-,13-/m1/s1. The van der Waals surface area contributed by atoms with Gasteiger partial charge in [-0.1, -0.05) is 30.4 Å². The Morgan fingerprint density at radius 2 is 1.95 bits per heavy atom. The molecule has 1 aliphatic rings. The number of hydrogen-bond donors (Lipinski definition) is 0. The van der Waals surface area contributed by atoms with Crippen molar-refractivity contribution in [3.8, 4) is 0 Å². The van der Waals surface area contributed by atoms with E-state index in [1.54, 1.807) is 42.5 Å². The molecule has 1 aromatic carbocycles. The van der Waals surface area contributed by atoms with Crippen LogP contribution in [0.5, 0.6) is 0 Å². The van der Waals surface area contributed by atoms with Crippen LogP contribution >= 0.6 is 0 Å². The number of sulfone groups is 1. The van der Waals surface area contributed by atoms with Crippen molar-refractivity contribution >= 4 is 15.8 Å². The molecule has 0 fully saturated rings. The number of hydrogen-bond acceptors (Lipinski definition) is 4.